The zero-order chi connectivity index (χ0) is 22.0. The molecule has 4 aromatic rings. The summed E-state index contributed by atoms with van der Waals surface area (Å²) < 4.78 is 12.9. The number of para-hydroxylation sites is 1. The van der Waals surface area contributed by atoms with Gasteiger partial charge in [0.1, 0.15) is 0 Å². The molecule has 0 unspecified atom stereocenters. The summed E-state index contributed by atoms with van der Waals surface area (Å²) in [6.45, 7) is 6.33. The van der Waals surface area contributed by atoms with Crippen molar-refractivity contribution in [2.24, 2.45) is 0 Å². The lowest BCUT2D eigenvalue weighted by Crippen LogP contribution is -2.28. The van der Waals surface area contributed by atoms with Crippen molar-refractivity contribution in [2.75, 3.05) is 13.7 Å². The Hall–Kier alpha value is -2.97. The SMILES string of the molecule is COC[C@@H](C)n1c(S[C@H](C)c2nnc(-c3cccc(C)c3)o2)nc2ccccc2c1=O. The first-order valence-corrected chi connectivity index (χ1v) is 10.9. The molecular formula is C23H24N4O3S. The van der Waals surface area contributed by atoms with Crippen molar-refractivity contribution in [1.82, 2.24) is 19.7 Å². The summed E-state index contributed by atoms with van der Waals surface area (Å²) in [5.41, 5.74) is 2.58. The molecule has 0 aliphatic rings. The molecular weight excluding hydrogens is 412 g/mol. The van der Waals surface area contributed by atoms with Crippen LogP contribution in [0.15, 0.2) is 62.9 Å². The Morgan fingerprint density at radius 3 is 2.71 bits per heavy atom. The van der Waals surface area contributed by atoms with Crippen LogP contribution < -0.4 is 5.56 Å². The Morgan fingerprint density at radius 1 is 1.13 bits per heavy atom. The van der Waals surface area contributed by atoms with Gasteiger partial charge in [-0.15, -0.1) is 10.2 Å². The molecule has 0 radical (unpaired) electrons. The van der Waals surface area contributed by atoms with Gasteiger partial charge in [0.05, 0.1) is 28.8 Å². The number of hydrogen-bond donors (Lipinski definition) is 0. The molecule has 0 fully saturated rings. The Bertz CT molecular complexity index is 1270. The van der Waals surface area contributed by atoms with Crippen molar-refractivity contribution in [3.05, 3.63) is 70.3 Å². The average Bonchev–Trinajstić information content (AvgIpc) is 3.25. The second-order valence-corrected chi connectivity index (χ2v) is 8.77. The van der Waals surface area contributed by atoms with Gasteiger partial charge in [0.25, 0.3) is 5.56 Å². The van der Waals surface area contributed by atoms with Gasteiger partial charge in [0.2, 0.25) is 11.8 Å². The van der Waals surface area contributed by atoms with Crippen LogP contribution in [0, 0.1) is 6.92 Å². The van der Waals surface area contributed by atoms with E-state index in [0.29, 0.717) is 34.4 Å². The maximum absolute atomic E-state index is 13.2. The van der Waals surface area contributed by atoms with Crippen molar-refractivity contribution in [3.63, 3.8) is 0 Å². The van der Waals surface area contributed by atoms with Gasteiger partial charge in [-0.3, -0.25) is 9.36 Å². The number of ether oxygens (including phenoxy) is 1. The predicted molar refractivity (Wildman–Crippen MR) is 121 cm³/mol. The van der Waals surface area contributed by atoms with Gasteiger partial charge in [0, 0.05) is 12.7 Å². The number of fused-ring (bicyclic) bond motifs is 1. The largest absolute Gasteiger partial charge is 0.419 e. The van der Waals surface area contributed by atoms with Crippen LogP contribution in [0.25, 0.3) is 22.4 Å². The summed E-state index contributed by atoms with van der Waals surface area (Å²) in [5.74, 6) is 0.956. The highest BCUT2D eigenvalue weighted by molar-refractivity contribution is 7.99. The van der Waals surface area contributed by atoms with Crippen LogP contribution in [0.1, 0.15) is 36.6 Å². The third kappa shape index (κ3) is 4.40. The molecule has 0 spiro atoms. The number of nitrogens with zero attached hydrogens (tertiary/aromatic N) is 4. The van der Waals surface area contributed by atoms with E-state index in [1.807, 2.05) is 63.2 Å². The Balaban J connectivity index is 1.69. The topological polar surface area (TPSA) is 83.0 Å². The molecule has 2 aromatic carbocycles. The van der Waals surface area contributed by atoms with E-state index >= 15 is 0 Å². The molecule has 0 aliphatic heterocycles. The number of benzene rings is 2. The number of thioether (sulfide) groups is 1. The molecule has 0 saturated carbocycles. The Labute approximate surface area is 184 Å². The predicted octanol–water partition coefficient (Wildman–Crippen LogP) is 4.82. The molecule has 0 aliphatic carbocycles. The standard InChI is InChI=1S/C23H24N4O3S/c1-14-8-7-9-17(12-14)21-26-25-20(30-21)16(3)31-23-24-19-11-6-5-10-18(19)22(28)27(23)15(2)13-29-4/h5-12,15-16H,13H2,1-4H3/t15-,16-/m1/s1. The molecule has 4 rings (SSSR count). The van der Waals surface area contributed by atoms with E-state index in [-0.39, 0.29) is 16.9 Å². The lowest BCUT2D eigenvalue weighted by Gasteiger charge is -2.19. The molecule has 31 heavy (non-hydrogen) atoms. The first kappa shape index (κ1) is 21.3. The summed E-state index contributed by atoms with van der Waals surface area (Å²) in [7, 11) is 1.62. The maximum atomic E-state index is 13.2. The molecule has 0 saturated heterocycles. The third-order valence-electron chi connectivity index (χ3n) is 4.96. The van der Waals surface area contributed by atoms with E-state index in [1.54, 1.807) is 17.7 Å². The first-order valence-electron chi connectivity index (χ1n) is 10.0. The third-order valence-corrected chi connectivity index (χ3v) is 6.01. The second-order valence-electron chi connectivity index (χ2n) is 7.47. The molecule has 0 amide bonds. The van der Waals surface area contributed by atoms with E-state index < -0.39 is 0 Å². The summed E-state index contributed by atoms with van der Waals surface area (Å²) in [6, 6.07) is 15.1. The van der Waals surface area contributed by atoms with Crippen molar-refractivity contribution < 1.29 is 9.15 Å². The minimum atomic E-state index is -0.194. The molecule has 0 N–H and O–H groups in total. The van der Waals surface area contributed by atoms with Crippen LogP contribution in [0.3, 0.4) is 0 Å². The van der Waals surface area contributed by atoms with Gasteiger partial charge in [0.15, 0.2) is 5.16 Å². The molecule has 160 valence electrons. The maximum Gasteiger partial charge on any atom is 0.262 e. The van der Waals surface area contributed by atoms with Gasteiger partial charge >= 0.3 is 0 Å². The highest BCUT2D eigenvalue weighted by atomic mass is 32.2. The first-order chi connectivity index (χ1) is 15.0. The van der Waals surface area contributed by atoms with Crippen LogP contribution in [0.4, 0.5) is 0 Å². The van der Waals surface area contributed by atoms with Crippen LogP contribution in [0.5, 0.6) is 0 Å². The Morgan fingerprint density at radius 2 is 1.94 bits per heavy atom. The van der Waals surface area contributed by atoms with Crippen LogP contribution in [-0.4, -0.2) is 33.5 Å². The van der Waals surface area contributed by atoms with Crippen LogP contribution in [-0.2, 0) is 4.74 Å². The van der Waals surface area contributed by atoms with Crippen molar-refractivity contribution >= 4 is 22.7 Å². The lowest BCUT2D eigenvalue weighted by molar-refractivity contribution is 0.156. The van der Waals surface area contributed by atoms with Gasteiger partial charge in [-0.1, -0.05) is 41.6 Å². The van der Waals surface area contributed by atoms with Crippen LogP contribution in [0.2, 0.25) is 0 Å². The number of hydrogen-bond acceptors (Lipinski definition) is 7. The zero-order valence-electron chi connectivity index (χ0n) is 17.9. The van der Waals surface area contributed by atoms with E-state index in [1.165, 1.54) is 11.8 Å². The van der Waals surface area contributed by atoms with E-state index in [9.17, 15) is 4.79 Å². The summed E-state index contributed by atoms with van der Waals surface area (Å²) in [6.07, 6.45) is 0. The van der Waals surface area contributed by atoms with Gasteiger partial charge < -0.3 is 9.15 Å². The number of rotatable bonds is 7. The second kappa shape index (κ2) is 9.03. The normalized spacial score (nSPS) is 13.4. The van der Waals surface area contributed by atoms with Crippen molar-refractivity contribution in [2.45, 2.75) is 37.2 Å². The fraction of sp³-hybridized carbons (Fsp3) is 0.304. The monoisotopic (exact) mass is 436 g/mol. The number of aromatic nitrogens is 4. The fourth-order valence-corrected chi connectivity index (χ4v) is 4.45. The fourth-order valence-electron chi connectivity index (χ4n) is 3.42. The van der Waals surface area contributed by atoms with Gasteiger partial charge in [-0.25, -0.2) is 4.98 Å². The molecule has 2 aromatic heterocycles. The highest BCUT2D eigenvalue weighted by Gasteiger charge is 2.22. The number of methoxy groups -OCH3 is 1. The number of aryl methyl sites for hydroxylation is 1. The van der Waals surface area contributed by atoms with E-state index in [4.69, 9.17) is 14.1 Å². The highest BCUT2D eigenvalue weighted by Crippen LogP contribution is 2.35. The van der Waals surface area contributed by atoms with Gasteiger partial charge in [-0.05, 0) is 45.0 Å². The molecule has 7 nitrogen and oxygen atoms in total. The molecule has 2 heterocycles. The van der Waals surface area contributed by atoms with E-state index in [2.05, 4.69) is 10.2 Å². The van der Waals surface area contributed by atoms with Crippen molar-refractivity contribution in [3.8, 4) is 11.5 Å². The molecule has 8 heteroatoms. The zero-order valence-corrected chi connectivity index (χ0v) is 18.7. The minimum absolute atomic E-state index is 0.0872. The quantitative estimate of drug-likeness (QED) is 0.303. The summed E-state index contributed by atoms with van der Waals surface area (Å²) in [5, 5.41) is 9.43. The van der Waals surface area contributed by atoms with Crippen LogP contribution >= 0.6 is 11.8 Å². The minimum Gasteiger partial charge on any atom is -0.419 e. The van der Waals surface area contributed by atoms with E-state index in [0.717, 1.165) is 11.1 Å². The Kier molecular flexibility index (Phi) is 6.20. The molecule has 0 bridgehead atoms. The molecule has 2 atom stereocenters. The average molecular weight is 437 g/mol. The lowest BCUT2D eigenvalue weighted by atomic mass is 10.1. The summed E-state index contributed by atoms with van der Waals surface area (Å²) in [4.78, 5) is 18.0. The van der Waals surface area contributed by atoms with Gasteiger partial charge in [-0.2, -0.15) is 0 Å². The van der Waals surface area contributed by atoms with Crippen molar-refractivity contribution in [1.29, 1.82) is 0 Å². The smallest absolute Gasteiger partial charge is 0.262 e. The summed E-state index contributed by atoms with van der Waals surface area (Å²) >= 11 is 1.42.